The molecule has 0 aliphatic carbocycles. The van der Waals surface area contributed by atoms with Crippen LogP contribution in [0.25, 0.3) is 0 Å². The van der Waals surface area contributed by atoms with Gasteiger partial charge in [-0.2, -0.15) is 0 Å². The molecular weight excluding hydrogens is 358 g/mol. The van der Waals surface area contributed by atoms with Crippen LogP contribution in [-0.2, 0) is 13.1 Å². The molecule has 2 aromatic rings. The Labute approximate surface area is 139 Å². The number of furan rings is 1. The highest BCUT2D eigenvalue weighted by atomic mass is 79.9. The number of methoxy groups -OCH3 is 1. The van der Waals surface area contributed by atoms with E-state index in [2.05, 4.69) is 21.2 Å². The highest BCUT2D eigenvalue weighted by Crippen LogP contribution is 2.34. The van der Waals surface area contributed by atoms with Crippen LogP contribution in [0.4, 0.5) is 0 Å². The molecule has 21 heavy (non-hydrogen) atoms. The van der Waals surface area contributed by atoms with Gasteiger partial charge in [0, 0.05) is 16.6 Å². The van der Waals surface area contributed by atoms with Gasteiger partial charge in [-0.15, -0.1) is 12.4 Å². The van der Waals surface area contributed by atoms with Crippen LogP contribution in [0, 0.1) is 0 Å². The van der Waals surface area contributed by atoms with Crippen molar-refractivity contribution in [3.05, 3.63) is 46.3 Å². The largest absolute Gasteiger partial charge is 0.493 e. The van der Waals surface area contributed by atoms with Crippen molar-refractivity contribution in [2.45, 2.75) is 20.0 Å². The van der Waals surface area contributed by atoms with E-state index in [1.165, 1.54) is 0 Å². The normalized spacial score (nSPS) is 10.0. The quantitative estimate of drug-likeness (QED) is 0.788. The maximum absolute atomic E-state index is 5.69. The fourth-order valence-corrected chi connectivity index (χ4v) is 2.43. The van der Waals surface area contributed by atoms with Crippen LogP contribution in [0.3, 0.4) is 0 Å². The summed E-state index contributed by atoms with van der Waals surface area (Å²) in [5.41, 5.74) is 1.05. The molecule has 1 aromatic heterocycles. The SMILES string of the molecule is CCOc1c(CNCc2ccco2)cc(Br)cc1OC.Cl. The van der Waals surface area contributed by atoms with Gasteiger partial charge in [-0.05, 0) is 31.2 Å². The van der Waals surface area contributed by atoms with Gasteiger partial charge in [0.25, 0.3) is 0 Å². The van der Waals surface area contributed by atoms with Crippen molar-refractivity contribution in [2.75, 3.05) is 13.7 Å². The third-order valence-corrected chi connectivity index (χ3v) is 3.26. The molecule has 0 amide bonds. The molecule has 0 radical (unpaired) electrons. The van der Waals surface area contributed by atoms with Crippen LogP contribution in [0.2, 0.25) is 0 Å². The lowest BCUT2D eigenvalue weighted by Crippen LogP contribution is -2.13. The first-order valence-electron chi connectivity index (χ1n) is 6.47. The van der Waals surface area contributed by atoms with E-state index in [1.807, 2.05) is 31.2 Å². The van der Waals surface area contributed by atoms with Crippen molar-refractivity contribution in [2.24, 2.45) is 0 Å². The van der Waals surface area contributed by atoms with Crippen molar-refractivity contribution in [1.82, 2.24) is 5.32 Å². The summed E-state index contributed by atoms with van der Waals surface area (Å²) in [4.78, 5) is 0. The van der Waals surface area contributed by atoms with Gasteiger partial charge in [-0.3, -0.25) is 0 Å². The fraction of sp³-hybridized carbons (Fsp3) is 0.333. The van der Waals surface area contributed by atoms with E-state index in [4.69, 9.17) is 13.9 Å². The summed E-state index contributed by atoms with van der Waals surface area (Å²) >= 11 is 3.49. The van der Waals surface area contributed by atoms with Gasteiger partial charge >= 0.3 is 0 Å². The second-order valence-electron chi connectivity index (χ2n) is 4.21. The molecule has 116 valence electrons. The van der Waals surface area contributed by atoms with Crippen molar-refractivity contribution in [3.8, 4) is 11.5 Å². The van der Waals surface area contributed by atoms with Crippen LogP contribution in [-0.4, -0.2) is 13.7 Å². The third-order valence-electron chi connectivity index (χ3n) is 2.80. The summed E-state index contributed by atoms with van der Waals surface area (Å²) in [5, 5.41) is 3.33. The van der Waals surface area contributed by atoms with Crippen molar-refractivity contribution in [3.63, 3.8) is 0 Å². The third kappa shape index (κ3) is 4.95. The van der Waals surface area contributed by atoms with Crippen molar-refractivity contribution < 1.29 is 13.9 Å². The zero-order valence-corrected chi connectivity index (χ0v) is 14.4. The lowest BCUT2D eigenvalue weighted by atomic mass is 10.2. The maximum atomic E-state index is 5.69. The summed E-state index contributed by atoms with van der Waals surface area (Å²) in [6.07, 6.45) is 1.67. The standard InChI is InChI=1S/C15H18BrNO3.ClH/c1-3-19-15-11(7-12(16)8-14(15)18-2)9-17-10-13-5-4-6-20-13;/h4-8,17H,3,9-10H2,1-2H3;1H. The molecule has 0 saturated carbocycles. The van der Waals surface area contributed by atoms with Crippen LogP contribution in [0.5, 0.6) is 11.5 Å². The first kappa shape index (κ1) is 17.9. The molecule has 4 nitrogen and oxygen atoms in total. The molecule has 0 bridgehead atoms. The Bertz CT molecular complexity index is 546. The van der Waals surface area contributed by atoms with Gasteiger partial charge in [0.05, 0.1) is 26.5 Å². The average molecular weight is 377 g/mol. The van der Waals surface area contributed by atoms with Gasteiger partial charge in [-0.25, -0.2) is 0 Å². The lowest BCUT2D eigenvalue weighted by Gasteiger charge is -2.15. The molecule has 1 N–H and O–H groups in total. The number of hydrogen-bond donors (Lipinski definition) is 1. The molecule has 0 saturated heterocycles. The zero-order chi connectivity index (χ0) is 14.4. The number of halogens is 2. The Morgan fingerprint density at radius 2 is 2.10 bits per heavy atom. The number of ether oxygens (including phenoxy) is 2. The topological polar surface area (TPSA) is 43.6 Å². The van der Waals surface area contributed by atoms with E-state index in [0.29, 0.717) is 19.7 Å². The molecule has 0 fully saturated rings. The van der Waals surface area contributed by atoms with Crippen LogP contribution in [0.1, 0.15) is 18.2 Å². The second-order valence-corrected chi connectivity index (χ2v) is 5.13. The Morgan fingerprint density at radius 3 is 2.71 bits per heavy atom. The molecule has 0 unspecified atom stereocenters. The summed E-state index contributed by atoms with van der Waals surface area (Å²) in [6, 6.07) is 7.76. The van der Waals surface area contributed by atoms with E-state index < -0.39 is 0 Å². The molecule has 2 rings (SSSR count). The molecular formula is C15H19BrClNO3. The summed E-state index contributed by atoms with van der Waals surface area (Å²) in [7, 11) is 1.64. The molecule has 0 aliphatic heterocycles. The van der Waals surface area contributed by atoms with Gasteiger partial charge < -0.3 is 19.2 Å². The van der Waals surface area contributed by atoms with Crippen LogP contribution >= 0.6 is 28.3 Å². The lowest BCUT2D eigenvalue weighted by molar-refractivity contribution is 0.306. The van der Waals surface area contributed by atoms with Gasteiger partial charge in [-0.1, -0.05) is 15.9 Å². The summed E-state index contributed by atoms with van der Waals surface area (Å²) in [6.45, 7) is 3.91. The minimum atomic E-state index is 0. The van der Waals surface area contributed by atoms with Crippen molar-refractivity contribution in [1.29, 1.82) is 0 Å². The minimum absolute atomic E-state index is 0. The Balaban J connectivity index is 0.00000220. The van der Waals surface area contributed by atoms with E-state index >= 15 is 0 Å². The first-order chi connectivity index (χ1) is 9.74. The maximum Gasteiger partial charge on any atom is 0.165 e. The highest BCUT2D eigenvalue weighted by Gasteiger charge is 2.12. The zero-order valence-electron chi connectivity index (χ0n) is 12.0. The predicted molar refractivity (Wildman–Crippen MR) is 88.4 cm³/mol. The van der Waals surface area contributed by atoms with Crippen molar-refractivity contribution >= 4 is 28.3 Å². The highest BCUT2D eigenvalue weighted by molar-refractivity contribution is 9.10. The first-order valence-corrected chi connectivity index (χ1v) is 7.26. The molecule has 6 heteroatoms. The van der Waals surface area contributed by atoms with Crippen LogP contribution in [0.15, 0.2) is 39.4 Å². The monoisotopic (exact) mass is 375 g/mol. The van der Waals surface area contributed by atoms with Gasteiger partial charge in [0.15, 0.2) is 11.5 Å². The number of benzene rings is 1. The average Bonchev–Trinajstić information content (AvgIpc) is 2.94. The second kappa shape index (κ2) is 8.97. The Hall–Kier alpha value is -1.17. The fourth-order valence-electron chi connectivity index (χ4n) is 1.95. The van der Waals surface area contributed by atoms with Gasteiger partial charge in [0.2, 0.25) is 0 Å². The smallest absolute Gasteiger partial charge is 0.165 e. The summed E-state index contributed by atoms with van der Waals surface area (Å²) < 4.78 is 17.3. The van der Waals surface area contributed by atoms with E-state index in [0.717, 1.165) is 27.3 Å². The van der Waals surface area contributed by atoms with E-state index in [9.17, 15) is 0 Å². The number of hydrogen-bond acceptors (Lipinski definition) is 4. The molecule has 0 spiro atoms. The molecule has 1 aromatic carbocycles. The molecule has 0 atom stereocenters. The molecule has 1 heterocycles. The Morgan fingerprint density at radius 1 is 1.29 bits per heavy atom. The Kier molecular flexibility index (Phi) is 7.64. The van der Waals surface area contributed by atoms with E-state index in [-0.39, 0.29) is 12.4 Å². The minimum Gasteiger partial charge on any atom is -0.493 e. The number of nitrogens with one attached hydrogen (secondary N) is 1. The summed E-state index contributed by atoms with van der Waals surface area (Å²) in [5.74, 6) is 2.42. The number of rotatable bonds is 7. The molecule has 0 aliphatic rings. The van der Waals surface area contributed by atoms with Crippen LogP contribution < -0.4 is 14.8 Å². The van der Waals surface area contributed by atoms with E-state index in [1.54, 1.807) is 13.4 Å². The van der Waals surface area contributed by atoms with Gasteiger partial charge in [0.1, 0.15) is 5.76 Å². The predicted octanol–water partition coefficient (Wildman–Crippen LogP) is 4.16.